The summed E-state index contributed by atoms with van der Waals surface area (Å²) in [7, 11) is -3.98. The van der Waals surface area contributed by atoms with E-state index < -0.39 is 21.8 Å². The number of nitrogens with zero attached hydrogens (tertiary/aromatic N) is 3. The summed E-state index contributed by atoms with van der Waals surface area (Å²) in [6.45, 7) is 7.36. The number of benzene rings is 1. The second kappa shape index (κ2) is 7.70. The fraction of sp³-hybridized carbons (Fsp3) is 0.389. The van der Waals surface area contributed by atoms with Gasteiger partial charge in [-0.25, -0.2) is 13.1 Å². The summed E-state index contributed by atoms with van der Waals surface area (Å²) < 4.78 is 29.0. The van der Waals surface area contributed by atoms with Crippen LogP contribution in [0.4, 0.5) is 0 Å². The van der Waals surface area contributed by atoms with Crippen molar-refractivity contribution in [2.45, 2.75) is 45.6 Å². The molecule has 0 bridgehead atoms. The van der Waals surface area contributed by atoms with Gasteiger partial charge in [0, 0.05) is 12.5 Å². The van der Waals surface area contributed by atoms with Crippen LogP contribution < -0.4 is 4.72 Å². The first kappa shape index (κ1) is 19.7. The van der Waals surface area contributed by atoms with Gasteiger partial charge in [-0.05, 0) is 44.9 Å². The van der Waals surface area contributed by atoms with Crippen molar-refractivity contribution in [1.29, 1.82) is 5.26 Å². The van der Waals surface area contributed by atoms with E-state index in [4.69, 9.17) is 5.26 Å². The van der Waals surface area contributed by atoms with Gasteiger partial charge in [-0.1, -0.05) is 19.1 Å². The van der Waals surface area contributed by atoms with Crippen LogP contribution in [0.15, 0.2) is 29.2 Å². The van der Waals surface area contributed by atoms with Crippen molar-refractivity contribution in [3.8, 4) is 6.07 Å². The van der Waals surface area contributed by atoms with Crippen LogP contribution in [0.1, 0.15) is 36.4 Å². The van der Waals surface area contributed by atoms with Gasteiger partial charge in [0.05, 0.1) is 23.0 Å². The fourth-order valence-corrected chi connectivity index (χ4v) is 4.32. The standard InChI is InChI=1S/C18H22N4O3S/c1-5-22-14(4)17(13(3)20-22)26(24,25)21-18(23)12(2)10-15-6-8-16(11-19)9-7-15/h6-9,12H,5,10H2,1-4H3,(H,21,23). The largest absolute Gasteiger partial charge is 0.274 e. The molecule has 1 aromatic heterocycles. The molecule has 0 spiro atoms. The van der Waals surface area contributed by atoms with Gasteiger partial charge in [0.1, 0.15) is 4.90 Å². The van der Waals surface area contributed by atoms with Crippen LogP contribution >= 0.6 is 0 Å². The Balaban J connectivity index is 2.14. The minimum Gasteiger partial charge on any atom is -0.274 e. The lowest BCUT2D eigenvalue weighted by Gasteiger charge is -2.13. The van der Waals surface area contributed by atoms with Gasteiger partial charge in [0.25, 0.3) is 10.0 Å². The van der Waals surface area contributed by atoms with E-state index in [9.17, 15) is 13.2 Å². The minimum atomic E-state index is -3.98. The SMILES string of the molecule is CCn1nc(C)c(S(=O)(=O)NC(=O)C(C)Cc2ccc(C#N)cc2)c1C. The normalized spacial score (nSPS) is 12.4. The highest BCUT2D eigenvalue weighted by Crippen LogP contribution is 2.20. The summed E-state index contributed by atoms with van der Waals surface area (Å²) in [5.74, 6) is -1.11. The number of nitriles is 1. The van der Waals surface area contributed by atoms with E-state index in [1.807, 2.05) is 13.0 Å². The first-order valence-electron chi connectivity index (χ1n) is 8.29. The first-order chi connectivity index (χ1) is 12.2. The molecule has 26 heavy (non-hydrogen) atoms. The fourth-order valence-electron chi connectivity index (χ4n) is 2.82. The summed E-state index contributed by atoms with van der Waals surface area (Å²) in [5, 5.41) is 13.0. The van der Waals surface area contributed by atoms with Crippen LogP contribution in [0.25, 0.3) is 0 Å². The zero-order valence-corrected chi connectivity index (χ0v) is 16.1. The van der Waals surface area contributed by atoms with Gasteiger partial charge in [0.15, 0.2) is 0 Å². The molecule has 7 nitrogen and oxygen atoms in total. The molecule has 2 rings (SSSR count). The summed E-state index contributed by atoms with van der Waals surface area (Å²) >= 11 is 0. The Bertz CT molecular complexity index is 954. The highest BCUT2D eigenvalue weighted by molar-refractivity contribution is 7.90. The van der Waals surface area contributed by atoms with E-state index in [1.165, 1.54) is 0 Å². The summed E-state index contributed by atoms with van der Waals surface area (Å²) in [6, 6.07) is 8.89. The Morgan fingerprint density at radius 3 is 2.42 bits per heavy atom. The Labute approximate surface area is 153 Å². The van der Waals surface area contributed by atoms with Crippen LogP contribution in [-0.2, 0) is 27.8 Å². The number of carbonyl (C=O) groups is 1. The lowest BCUT2D eigenvalue weighted by Crippen LogP contribution is -2.36. The van der Waals surface area contributed by atoms with E-state index in [0.29, 0.717) is 29.9 Å². The highest BCUT2D eigenvalue weighted by Gasteiger charge is 2.28. The minimum absolute atomic E-state index is 0.0540. The molecule has 1 aromatic carbocycles. The third-order valence-corrected chi connectivity index (χ3v) is 5.79. The van der Waals surface area contributed by atoms with Crippen molar-refractivity contribution in [1.82, 2.24) is 14.5 Å². The smallest absolute Gasteiger partial charge is 0.267 e. The van der Waals surface area contributed by atoms with Crippen molar-refractivity contribution in [3.05, 3.63) is 46.8 Å². The molecule has 1 heterocycles. The monoisotopic (exact) mass is 374 g/mol. The molecule has 0 radical (unpaired) electrons. The number of rotatable bonds is 6. The molecule has 2 aromatic rings. The van der Waals surface area contributed by atoms with Gasteiger partial charge < -0.3 is 0 Å². The van der Waals surface area contributed by atoms with E-state index >= 15 is 0 Å². The quantitative estimate of drug-likeness (QED) is 0.833. The molecule has 0 aliphatic carbocycles. The maximum absolute atomic E-state index is 12.6. The van der Waals surface area contributed by atoms with Gasteiger partial charge in [-0.3, -0.25) is 9.48 Å². The van der Waals surface area contributed by atoms with Crippen LogP contribution in [0.2, 0.25) is 0 Å². The number of sulfonamides is 1. The first-order valence-corrected chi connectivity index (χ1v) is 9.77. The van der Waals surface area contributed by atoms with E-state index in [0.717, 1.165) is 5.56 Å². The number of hydrogen-bond donors (Lipinski definition) is 1. The Hall–Kier alpha value is -2.66. The van der Waals surface area contributed by atoms with Crippen molar-refractivity contribution in [2.75, 3.05) is 0 Å². The highest BCUT2D eigenvalue weighted by atomic mass is 32.2. The van der Waals surface area contributed by atoms with E-state index in [-0.39, 0.29) is 4.90 Å². The summed E-state index contributed by atoms with van der Waals surface area (Å²) in [6.07, 6.45) is 0.374. The molecule has 0 saturated carbocycles. The van der Waals surface area contributed by atoms with Crippen LogP contribution in [0.3, 0.4) is 0 Å². The average molecular weight is 374 g/mol. The van der Waals surface area contributed by atoms with Crippen molar-refractivity contribution in [3.63, 3.8) is 0 Å². The molecule has 0 aliphatic heterocycles. The number of nitrogens with one attached hydrogen (secondary N) is 1. The topological polar surface area (TPSA) is 105 Å². The van der Waals surface area contributed by atoms with Gasteiger partial charge in [0.2, 0.25) is 5.91 Å². The van der Waals surface area contributed by atoms with Crippen LogP contribution in [0.5, 0.6) is 0 Å². The lowest BCUT2D eigenvalue weighted by atomic mass is 10.00. The van der Waals surface area contributed by atoms with Gasteiger partial charge in [-0.2, -0.15) is 10.4 Å². The number of aryl methyl sites for hydroxylation is 2. The summed E-state index contributed by atoms with van der Waals surface area (Å²) in [5.41, 5.74) is 2.26. The zero-order valence-electron chi connectivity index (χ0n) is 15.3. The third kappa shape index (κ3) is 4.11. The van der Waals surface area contributed by atoms with Gasteiger partial charge in [-0.15, -0.1) is 0 Å². The van der Waals surface area contributed by atoms with E-state index in [2.05, 4.69) is 9.82 Å². The molecule has 1 atom stereocenters. The Morgan fingerprint density at radius 2 is 1.92 bits per heavy atom. The van der Waals surface area contributed by atoms with Crippen molar-refractivity contribution >= 4 is 15.9 Å². The molecule has 1 amide bonds. The summed E-state index contributed by atoms with van der Waals surface area (Å²) in [4.78, 5) is 12.4. The molecule has 1 unspecified atom stereocenters. The second-order valence-corrected chi connectivity index (χ2v) is 7.82. The molecule has 0 aliphatic rings. The lowest BCUT2D eigenvalue weighted by molar-refractivity contribution is -0.122. The molecular formula is C18H22N4O3S. The molecule has 8 heteroatoms. The second-order valence-electron chi connectivity index (χ2n) is 6.20. The number of carbonyl (C=O) groups excluding carboxylic acids is 1. The maximum Gasteiger partial charge on any atom is 0.267 e. The molecule has 138 valence electrons. The number of aromatic nitrogens is 2. The third-order valence-electron chi connectivity index (χ3n) is 4.19. The van der Waals surface area contributed by atoms with Gasteiger partial charge >= 0.3 is 0 Å². The van der Waals surface area contributed by atoms with E-state index in [1.54, 1.807) is 49.7 Å². The van der Waals surface area contributed by atoms with Crippen molar-refractivity contribution in [2.24, 2.45) is 5.92 Å². The molecule has 1 N–H and O–H groups in total. The van der Waals surface area contributed by atoms with Crippen molar-refractivity contribution < 1.29 is 13.2 Å². The molecular weight excluding hydrogens is 352 g/mol. The average Bonchev–Trinajstić information content (AvgIpc) is 2.89. The Kier molecular flexibility index (Phi) is 5.83. The number of amides is 1. The molecule has 0 saturated heterocycles. The van der Waals surface area contributed by atoms with Crippen LogP contribution in [-0.4, -0.2) is 24.1 Å². The zero-order chi connectivity index (χ0) is 19.5. The Morgan fingerprint density at radius 1 is 1.31 bits per heavy atom. The predicted molar refractivity (Wildman–Crippen MR) is 96.7 cm³/mol. The van der Waals surface area contributed by atoms with Crippen LogP contribution in [0, 0.1) is 31.1 Å². The predicted octanol–water partition coefficient (Wildman–Crippen LogP) is 2.08. The maximum atomic E-state index is 12.6. The number of hydrogen-bond acceptors (Lipinski definition) is 5. The molecule has 0 fully saturated rings.